The largest absolute Gasteiger partial charge is 0.306 e. The highest BCUT2D eigenvalue weighted by Crippen LogP contribution is 2.36. The zero-order valence-corrected chi connectivity index (χ0v) is 18.8. The van der Waals surface area contributed by atoms with Crippen molar-refractivity contribution in [2.45, 2.75) is 98.1 Å². The maximum absolute atomic E-state index is 13.0. The minimum atomic E-state index is -0.488. The molecule has 0 aromatic rings. The first-order valence-corrected chi connectivity index (χ1v) is 11.6. The van der Waals surface area contributed by atoms with Crippen molar-refractivity contribution in [1.29, 1.82) is 0 Å². The maximum Gasteiger partial charge on any atom is 0.116 e. The van der Waals surface area contributed by atoms with E-state index in [0.717, 1.165) is 61.6 Å². The molecule has 0 bridgehead atoms. The lowest BCUT2D eigenvalue weighted by molar-refractivity contribution is -0.106. The van der Waals surface area contributed by atoms with E-state index in [1.807, 2.05) is 0 Å². The Labute approximate surface area is 168 Å². The molecule has 0 radical (unpaired) electrons. The zero-order chi connectivity index (χ0) is 20.2. The highest BCUT2D eigenvalue weighted by molar-refractivity contribution is 5.44. The van der Waals surface area contributed by atoms with E-state index >= 15 is 0 Å². The van der Waals surface area contributed by atoms with Gasteiger partial charge in [-0.3, -0.25) is 0 Å². The second kappa shape index (κ2) is 13.7. The van der Waals surface area contributed by atoms with Gasteiger partial charge in [-0.05, 0) is 108 Å². The summed E-state index contributed by atoms with van der Waals surface area (Å²) in [6.07, 6.45) is 12.8. The predicted octanol–water partition coefficient (Wildman–Crippen LogP) is 6.53. The van der Waals surface area contributed by atoms with Crippen molar-refractivity contribution in [3.63, 3.8) is 0 Å². The van der Waals surface area contributed by atoms with Crippen LogP contribution >= 0.6 is 0 Å². The van der Waals surface area contributed by atoms with E-state index < -0.39 is 6.17 Å². The Morgan fingerprint density at radius 3 is 1.74 bits per heavy atom. The highest BCUT2D eigenvalue weighted by Gasteiger charge is 2.29. The lowest BCUT2D eigenvalue weighted by atomic mass is 9.75. The van der Waals surface area contributed by atoms with Crippen molar-refractivity contribution in [3.8, 4) is 0 Å². The van der Waals surface area contributed by atoms with Gasteiger partial charge in [-0.2, -0.15) is 0 Å². The number of aldehydes is 1. The summed E-state index contributed by atoms with van der Waals surface area (Å²) in [7, 11) is 2.20. The van der Waals surface area contributed by atoms with Crippen molar-refractivity contribution < 1.29 is 9.18 Å². The number of rotatable bonds is 2. The van der Waals surface area contributed by atoms with E-state index in [2.05, 4.69) is 32.7 Å². The van der Waals surface area contributed by atoms with Crippen LogP contribution in [0.2, 0.25) is 0 Å². The van der Waals surface area contributed by atoms with Crippen LogP contribution in [0, 0.1) is 29.6 Å². The van der Waals surface area contributed by atoms with Crippen LogP contribution in [0.15, 0.2) is 0 Å². The molecule has 1 aliphatic heterocycles. The first kappa shape index (κ1) is 24.6. The van der Waals surface area contributed by atoms with Gasteiger partial charge in [0.25, 0.3) is 0 Å². The second-order valence-corrected chi connectivity index (χ2v) is 9.65. The first-order valence-electron chi connectivity index (χ1n) is 11.6. The third-order valence-electron chi connectivity index (χ3n) is 7.13. The van der Waals surface area contributed by atoms with Crippen molar-refractivity contribution in [2.24, 2.45) is 29.6 Å². The summed E-state index contributed by atoms with van der Waals surface area (Å²) < 4.78 is 13.0. The van der Waals surface area contributed by atoms with Crippen LogP contribution in [0.1, 0.15) is 91.9 Å². The number of halogens is 1. The fourth-order valence-corrected chi connectivity index (χ4v) is 5.00. The van der Waals surface area contributed by atoms with Crippen molar-refractivity contribution in [1.82, 2.24) is 4.90 Å². The summed E-state index contributed by atoms with van der Waals surface area (Å²) in [5, 5.41) is 0. The molecule has 160 valence electrons. The summed E-state index contributed by atoms with van der Waals surface area (Å²) in [6.45, 7) is 11.1. The molecular weight excluding hydrogens is 337 g/mol. The molecule has 2 aliphatic carbocycles. The van der Waals surface area contributed by atoms with Crippen molar-refractivity contribution in [3.05, 3.63) is 0 Å². The molecule has 0 aromatic carbocycles. The van der Waals surface area contributed by atoms with Crippen LogP contribution in [0.4, 0.5) is 4.39 Å². The molecular formula is C24H46FNO. The standard InChI is InChI=1S/C12H22FN.C10H20.C2H4O/c1-14-8-6-11(7-9-14)10-2-4-12(13)5-3-10;1-8(2)10-6-4-9(3)5-7-10;1-2-3/h10-12H,2-9H2,1H3;8-10H,4-7H2,1-3H3;2H,1H3. The number of carbonyl (C=O) groups excluding carboxylic acids is 1. The number of carbonyl (C=O) groups is 1. The Balaban J connectivity index is 0.000000246. The average molecular weight is 384 g/mol. The molecule has 3 aliphatic rings. The minimum absolute atomic E-state index is 0.488. The zero-order valence-electron chi connectivity index (χ0n) is 18.8. The normalized spacial score (nSPS) is 32.7. The van der Waals surface area contributed by atoms with Crippen LogP contribution in [-0.4, -0.2) is 37.5 Å². The smallest absolute Gasteiger partial charge is 0.116 e. The molecule has 0 spiro atoms. The van der Waals surface area contributed by atoms with E-state index in [1.165, 1.54) is 58.5 Å². The van der Waals surface area contributed by atoms with Gasteiger partial charge in [0.1, 0.15) is 12.5 Å². The molecule has 0 aromatic heterocycles. The summed E-state index contributed by atoms with van der Waals surface area (Å²) in [5.74, 6) is 4.72. The molecule has 27 heavy (non-hydrogen) atoms. The fourth-order valence-electron chi connectivity index (χ4n) is 5.00. The van der Waals surface area contributed by atoms with Gasteiger partial charge in [-0.25, -0.2) is 4.39 Å². The molecule has 0 N–H and O–H groups in total. The van der Waals surface area contributed by atoms with Crippen LogP contribution in [-0.2, 0) is 4.79 Å². The van der Waals surface area contributed by atoms with Gasteiger partial charge in [0, 0.05) is 0 Å². The molecule has 0 unspecified atom stereocenters. The summed E-state index contributed by atoms with van der Waals surface area (Å²) >= 11 is 0. The van der Waals surface area contributed by atoms with Gasteiger partial charge < -0.3 is 9.69 Å². The fraction of sp³-hybridized carbons (Fsp3) is 0.958. The molecule has 3 fully saturated rings. The summed E-state index contributed by atoms with van der Waals surface area (Å²) in [4.78, 5) is 11.2. The molecule has 0 atom stereocenters. The Hall–Kier alpha value is -0.440. The lowest BCUT2D eigenvalue weighted by Crippen LogP contribution is -2.34. The van der Waals surface area contributed by atoms with Gasteiger partial charge in [-0.1, -0.05) is 33.6 Å². The van der Waals surface area contributed by atoms with Gasteiger partial charge in [-0.15, -0.1) is 0 Å². The van der Waals surface area contributed by atoms with Gasteiger partial charge in [0.05, 0.1) is 0 Å². The summed E-state index contributed by atoms with van der Waals surface area (Å²) in [5.41, 5.74) is 0. The Morgan fingerprint density at radius 1 is 0.852 bits per heavy atom. The third kappa shape index (κ3) is 10.1. The number of hydrogen-bond donors (Lipinski definition) is 0. The highest BCUT2D eigenvalue weighted by atomic mass is 19.1. The summed E-state index contributed by atoms with van der Waals surface area (Å²) in [6, 6.07) is 0. The van der Waals surface area contributed by atoms with Crippen LogP contribution in [0.5, 0.6) is 0 Å². The number of piperidine rings is 1. The maximum atomic E-state index is 13.0. The van der Waals surface area contributed by atoms with E-state index in [-0.39, 0.29) is 0 Å². The van der Waals surface area contributed by atoms with Crippen LogP contribution in [0.3, 0.4) is 0 Å². The predicted molar refractivity (Wildman–Crippen MR) is 115 cm³/mol. The number of likely N-dealkylation sites (tertiary alicyclic amines) is 1. The van der Waals surface area contributed by atoms with E-state index in [1.54, 1.807) is 0 Å². The third-order valence-corrected chi connectivity index (χ3v) is 7.13. The van der Waals surface area contributed by atoms with Crippen LogP contribution < -0.4 is 0 Å². The first-order chi connectivity index (χ1) is 12.9. The van der Waals surface area contributed by atoms with E-state index in [9.17, 15) is 4.39 Å². The van der Waals surface area contributed by atoms with E-state index in [0.29, 0.717) is 0 Å². The van der Waals surface area contributed by atoms with E-state index in [4.69, 9.17) is 4.79 Å². The Kier molecular flexibility index (Phi) is 12.5. The molecule has 3 rings (SSSR count). The Bertz CT molecular complexity index is 343. The Morgan fingerprint density at radius 2 is 1.30 bits per heavy atom. The monoisotopic (exact) mass is 383 g/mol. The minimum Gasteiger partial charge on any atom is -0.306 e. The lowest BCUT2D eigenvalue weighted by Gasteiger charge is -2.36. The quantitative estimate of drug-likeness (QED) is 0.505. The van der Waals surface area contributed by atoms with Gasteiger partial charge in [0.15, 0.2) is 0 Å². The molecule has 3 heteroatoms. The average Bonchev–Trinajstić information content (AvgIpc) is 2.65. The van der Waals surface area contributed by atoms with Gasteiger partial charge >= 0.3 is 0 Å². The number of alkyl halides is 1. The number of hydrogen-bond acceptors (Lipinski definition) is 2. The number of nitrogens with zero attached hydrogens (tertiary/aromatic N) is 1. The molecule has 1 heterocycles. The van der Waals surface area contributed by atoms with Crippen LogP contribution in [0.25, 0.3) is 0 Å². The topological polar surface area (TPSA) is 20.3 Å². The SMILES string of the molecule is CC1CCC(C(C)C)CC1.CC=O.CN1CCC(C2CCC(F)CC2)CC1. The molecule has 2 saturated carbocycles. The molecule has 2 nitrogen and oxygen atoms in total. The van der Waals surface area contributed by atoms with Crippen molar-refractivity contribution in [2.75, 3.05) is 20.1 Å². The van der Waals surface area contributed by atoms with Gasteiger partial charge in [0.2, 0.25) is 0 Å². The molecule has 1 saturated heterocycles. The van der Waals surface area contributed by atoms with Crippen molar-refractivity contribution >= 4 is 6.29 Å². The molecule has 0 amide bonds. The second-order valence-electron chi connectivity index (χ2n) is 9.65.